The number of carbonyl (C=O) groups is 4. The number of benzene rings is 2. The van der Waals surface area contributed by atoms with Gasteiger partial charge in [0.15, 0.2) is 6.10 Å². The van der Waals surface area contributed by atoms with E-state index in [1.807, 2.05) is 13.8 Å². The molecule has 3 N–H and O–H groups in total. The summed E-state index contributed by atoms with van der Waals surface area (Å²) in [6.45, 7) is 6.96. The smallest absolute Gasteiger partial charge is 0.338 e. The minimum absolute atomic E-state index is 0.0389. The first-order chi connectivity index (χ1) is 14.7. The number of nitrogens with one attached hydrogen (secondary N) is 3. The fraction of sp³-hybridized carbons (Fsp3) is 0.304. The molecule has 1 atom stereocenters. The van der Waals surface area contributed by atoms with Crippen molar-refractivity contribution in [2.24, 2.45) is 0 Å². The minimum atomic E-state index is -0.972. The summed E-state index contributed by atoms with van der Waals surface area (Å²) in [7, 11) is 0. The van der Waals surface area contributed by atoms with E-state index in [0.717, 1.165) is 5.56 Å². The lowest BCUT2D eigenvalue weighted by Crippen LogP contribution is -2.39. The summed E-state index contributed by atoms with van der Waals surface area (Å²) in [5.41, 5.74) is 2.07. The maximum Gasteiger partial charge on any atom is 0.338 e. The van der Waals surface area contributed by atoms with Crippen LogP contribution in [0.4, 0.5) is 10.5 Å². The first-order valence-electron chi connectivity index (χ1n) is 9.92. The molecule has 0 unspecified atom stereocenters. The van der Waals surface area contributed by atoms with Gasteiger partial charge in [-0.2, -0.15) is 0 Å². The van der Waals surface area contributed by atoms with Crippen LogP contribution in [0.15, 0.2) is 48.5 Å². The molecule has 0 aliphatic heterocycles. The number of ether oxygens (including phenoxy) is 1. The van der Waals surface area contributed by atoms with Crippen LogP contribution in [0.2, 0.25) is 0 Å². The molecule has 2 rings (SSSR count). The molecule has 0 fully saturated rings. The third kappa shape index (κ3) is 7.58. The first kappa shape index (κ1) is 23.6. The summed E-state index contributed by atoms with van der Waals surface area (Å²) >= 11 is 0. The van der Waals surface area contributed by atoms with Gasteiger partial charge < -0.3 is 20.7 Å². The molecule has 0 aliphatic rings. The van der Waals surface area contributed by atoms with Gasteiger partial charge in [-0.1, -0.05) is 12.1 Å². The normalized spacial score (nSPS) is 11.4. The highest BCUT2D eigenvalue weighted by Crippen LogP contribution is 2.14. The molecular formula is C23H27N3O5. The highest BCUT2D eigenvalue weighted by molar-refractivity contribution is 6.02. The van der Waals surface area contributed by atoms with Crippen molar-refractivity contribution in [1.29, 1.82) is 0 Å². The lowest BCUT2D eigenvalue weighted by molar-refractivity contribution is -0.114. The molecule has 0 heterocycles. The van der Waals surface area contributed by atoms with Crippen molar-refractivity contribution in [2.45, 2.75) is 46.4 Å². The van der Waals surface area contributed by atoms with Crippen LogP contribution in [0.3, 0.4) is 0 Å². The molecule has 2 aromatic rings. The number of Topliss-reactive ketones (excluding diaryl/α,β-unsaturated/α-hetero) is 1. The van der Waals surface area contributed by atoms with Gasteiger partial charge in [0.2, 0.25) is 11.7 Å². The number of hydrogen-bond acceptors (Lipinski definition) is 5. The van der Waals surface area contributed by atoms with E-state index in [-0.39, 0.29) is 23.8 Å². The van der Waals surface area contributed by atoms with Gasteiger partial charge in [-0.3, -0.25) is 9.59 Å². The van der Waals surface area contributed by atoms with Gasteiger partial charge in [0.25, 0.3) is 0 Å². The van der Waals surface area contributed by atoms with Crippen molar-refractivity contribution in [1.82, 2.24) is 10.6 Å². The maximum absolute atomic E-state index is 12.5. The third-order valence-corrected chi connectivity index (χ3v) is 4.21. The predicted octanol–water partition coefficient (Wildman–Crippen LogP) is 3.28. The zero-order valence-electron chi connectivity index (χ0n) is 18.0. The molecule has 0 aromatic heterocycles. The van der Waals surface area contributed by atoms with Crippen LogP contribution in [0, 0.1) is 0 Å². The Kier molecular flexibility index (Phi) is 8.31. The molecule has 0 spiro atoms. The average molecular weight is 425 g/mol. The van der Waals surface area contributed by atoms with Crippen LogP contribution in [-0.2, 0) is 16.1 Å². The number of carbonyl (C=O) groups excluding carboxylic acids is 4. The summed E-state index contributed by atoms with van der Waals surface area (Å²) in [5.74, 6) is -1.17. The Hall–Kier alpha value is -3.68. The molecular weight excluding hydrogens is 398 g/mol. The van der Waals surface area contributed by atoms with Crippen molar-refractivity contribution in [3.63, 3.8) is 0 Å². The molecule has 0 saturated heterocycles. The number of anilines is 1. The van der Waals surface area contributed by atoms with Crippen LogP contribution >= 0.6 is 0 Å². The topological polar surface area (TPSA) is 114 Å². The van der Waals surface area contributed by atoms with Gasteiger partial charge in [-0.25, -0.2) is 9.59 Å². The van der Waals surface area contributed by atoms with Crippen molar-refractivity contribution >= 4 is 29.4 Å². The van der Waals surface area contributed by atoms with Gasteiger partial charge in [0.1, 0.15) is 0 Å². The number of ketones is 1. The Labute approximate surface area is 181 Å². The standard InChI is InChI=1S/C23H27N3O5/c1-14(2)25-23(30)24-13-17-5-7-19(8-6-17)22(29)31-15(3)21(28)18-9-11-20(12-10-18)26-16(4)27/h5-12,14-15H,13H2,1-4H3,(H,26,27)(H2,24,25,30)/t15-/m1/s1. The first-order valence-corrected chi connectivity index (χ1v) is 9.92. The number of esters is 1. The molecule has 0 bridgehead atoms. The van der Waals surface area contributed by atoms with Gasteiger partial charge in [-0.05, 0) is 62.7 Å². The molecule has 0 radical (unpaired) electrons. The predicted molar refractivity (Wildman–Crippen MR) is 117 cm³/mol. The molecule has 2 aromatic carbocycles. The summed E-state index contributed by atoms with van der Waals surface area (Å²) in [6.07, 6.45) is -0.972. The van der Waals surface area contributed by atoms with E-state index >= 15 is 0 Å². The van der Waals surface area contributed by atoms with Gasteiger partial charge in [0, 0.05) is 30.8 Å². The van der Waals surface area contributed by atoms with E-state index in [1.165, 1.54) is 13.8 Å². The second-order valence-corrected chi connectivity index (χ2v) is 7.35. The van der Waals surface area contributed by atoms with Crippen LogP contribution < -0.4 is 16.0 Å². The minimum Gasteiger partial charge on any atom is -0.451 e. The quantitative estimate of drug-likeness (QED) is 0.444. The number of amides is 3. The number of rotatable bonds is 8. The van der Waals surface area contributed by atoms with Crippen molar-refractivity contribution in [3.05, 3.63) is 65.2 Å². The summed E-state index contributed by atoms with van der Waals surface area (Å²) < 4.78 is 5.29. The van der Waals surface area contributed by atoms with E-state index < -0.39 is 12.1 Å². The molecule has 3 amide bonds. The fourth-order valence-electron chi connectivity index (χ4n) is 2.69. The molecule has 0 saturated carbocycles. The Morgan fingerprint density at radius 2 is 1.45 bits per heavy atom. The van der Waals surface area contributed by atoms with Crippen LogP contribution in [0.25, 0.3) is 0 Å². The second kappa shape index (κ2) is 10.9. The van der Waals surface area contributed by atoms with Gasteiger partial charge in [0.05, 0.1) is 5.56 Å². The average Bonchev–Trinajstić information content (AvgIpc) is 2.71. The molecule has 8 heteroatoms. The third-order valence-electron chi connectivity index (χ3n) is 4.21. The molecule has 0 aliphatic carbocycles. The highest BCUT2D eigenvalue weighted by Gasteiger charge is 2.20. The lowest BCUT2D eigenvalue weighted by atomic mass is 10.1. The zero-order chi connectivity index (χ0) is 23.0. The maximum atomic E-state index is 12.5. The van der Waals surface area contributed by atoms with Crippen molar-refractivity contribution < 1.29 is 23.9 Å². The zero-order valence-corrected chi connectivity index (χ0v) is 18.0. The Bertz CT molecular complexity index is 937. The van der Waals surface area contributed by atoms with Crippen LogP contribution in [-0.4, -0.2) is 35.8 Å². The molecule has 164 valence electrons. The summed E-state index contributed by atoms with van der Waals surface area (Å²) in [5, 5.41) is 8.07. The van der Waals surface area contributed by atoms with E-state index in [4.69, 9.17) is 4.74 Å². The van der Waals surface area contributed by atoms with Crippen LogP contribution in [0.5, 0.6) is 0 Å². The SMILES string of the molecule is CC(=O)Nc1ccc(C(=O)[C@@H](C)OC(=O)c2ccc(CNC(=O)NC(C)C)cc2)cc1. The van der Waals surface area contributed by atoms with Gasteiger partial charge >= 0.3 is 12.0 Å². The Balaban J connectivity index is 1.91. The summed E-state index contributed by atoms with van der Waals surface area (Å²) in [6, 6.07) is 12.7. The van der Waals surface area contributed by atoms with E-state index in [1.54, 1.807) is 48.5 Å². The number of urea groups is 1. The fourth-order valence-corrected chi connectivity index (χ4v) is 2.69. The number of hydrogen-bond donors (Lipinski definition) is 3. The molecule has 8 nitrogen and oxygen atoms in total. The monoisotopic (exact) mass is 425 g/mol. The van der Waals surface area contributed by atoms with Gasteiger partial charge in [-0.15, -0.1) is 0 Å². The van der Waals surface area contributed by atoms with Crippen molar-refractivity contribution in [3.8, 4) is 0 Å². The van der Waals surface area contributed by atoms with Crippen LogP contribution in [0.1, 0.15) is 54.0 Å². The van der Waals surface area contributed by atoms with E-state index in [9.17, 15) is 19.2 Å². The summed E-state index contributed by atoms with van der Waals surface area (Å²) in [4.78, 5) is 47.6. The second-order valence-electron chi connectivity index (χ2n) is 7.35. The highest BCUT2D eigenvalue weighted by atomic mass is 16.5. The molecule has 31 heavy (non-hydrogen) atoms. The largest absolute Gasteiger partial charge is 0.451 e. The Morgan fingerprint density at radius 3 is 2.00 bits per heavy atom. The van der Waals surface area contributed by atoms with E-state index in [0.29, 0.717) is 23.4 Å². The Morgan fingerprint density at radius 1 is 0.871 bits per heavy atom. The lowest BCUT2D eigenvalue weighted by Gasteiger charge is -2.13. The van der Waals surface area contributed by atoms with E-state index in [2.05, 4.69) is 16.0 Å². The van der Waals surface area contributed by atoms with Crippen molar-refractivity contribution in [2.75, 3.05) is 5.32 Å².